The summed E-state index contributed by atoms with van der Waals surface area (Å²) in [6.07, 6.45) is 1.63. The lowest BCUT2D eigenvalue weighted by Crippen LogP contribution is -2.41. The van der Waals surface area contributed by atoms with Gasteiger partial charge in [-0.3, -0.25) is 25.4 Å². The van der Waals surface area contributed by atoms with Gasteiger partial charge in [0.1, 0.15) is 0 Å². The van der Waals surface area contributed by atoms with Crippen LogP contribution in [-0.4, -0.2) is 16.8 Å². The summed E-state index contributed by atoms with van der Waals surface area (Å²) < 4.78 is 0.849. The molecule has 22 heavy (non-hydrogen) atoms. The lowest BCUT2D eigenvalue weighted by molar-refractivity contribution is 0.0849. The number of amides is 2. The third-order valence-corrected chi connectivity index (χ3v) is 4.59. The molecule has 2 aromatic heterocycles. The number of fused-ring (bicyclic) bond motifs is 1. The lowest BCUT2D eigenvalue weighted by atomic mass is 10.1. The Morgan fingerprint density at radius 3 is 2.55 bits per heavy atom. The Labute approximate surface area is 138 Å². The first kappa shape index (κ1) is 14.7. The molecule has 2 N–H and O–H groups in total. The van der Waals surface area contributed by atoms with E-state index >= 15 is 0 Å². The first-order chi connectivity index (χ1) is 10.6. The Hall–Kier alpha value is -2.25. The van der Waals surface area contributed by atoms with Gasteiger partial charge in [-0.1, -0.05) is 18.2 Å². The van der Waals surface area contributed by atoms with Gasteiger partial charge in [-0.15, -0.1) is 11.3 Å². The van der Waals surface area contributed by atoms with Gasteiger partial charge >= 0.3 is 0 Å². The molecule has 0 atom stereocenters. The number of carbonyl (C=O) groups is 2. The van der Waals surface area contributed by atoms with E-state index in [-0.39, 0.29) is 5.91 Å². The number of para-hydroxylation sites is 1. The Morgan fingerprint density at radius 2 is 1.77 bits per heavy atom. The highest BCUT2D eigenvalue weighted by Crippen LogP contribution is 2.21. The zero-order valence-corrected chi connectivity index (χ0v) is 13.6. The van der Waals surface area contributed by atoms with Gasteiger partial charge in [0, 0.05) is 11.6 Å². The Kier molecular flexibility index (Phi) is 4.17. The summed E-state index contributed by atoms with van der Waals surface area (Å²) in [6.45, 7) is 0. The van der Waals surface area contributed by atoms with Crippen LogP contribution in [0.3, 0.4) is 0 Å². The van der Waals surface area contributed by atoms with Crippen molar-refractivity contribution in [3.05, 3.63) is 62.9 Å². The maximum absolute atomic E-state index is 12.2. The molecule has 3 rings (SSSR count). The predicted molar refractivity (Wildman–Crippen MR) is 88.7 cm³/mol. The second kappa shape index (κ2) is 6.25. The van der Waals surface area contributed by atoms with Gasteiger partial charge in [-0.05, 0) is 40.2 Å². The molecule has 0 unspecified atom stereocenters. The zero-order chi connectivity index (χ0) is 15.5. The monoisotopic (exact) mass is 375 g/mol. The van der Waals surface area contributed by atoms with Gasteiger partial charge in [0.25, 0.3) is 11.8 Å². The van der Waals surface area contributed by atoms with E-state index in [4.69, 9.17) is 0 Å². The minimum absolute atomic E-state index is 0.364. The van der Waals surface area contributed by atoms with Crippen LogP contribution in [0, 0.1) is 0 Å². The molecule has 0 bridgehead atoms. The number of thiophene rings is 1. The molecule has 0 radical (unpaired) electrons. The molecular weight excluding hydrogens is 366 g/mol. The van der Waals surface area contributed by atoms with Gasteiger partial charge < -0.3 is 0 Å². The molecule has 0 aliphatic rings. The van der Waals surface area contributed by atoms with E-state index < -0.39 is 5.91 Å². The topological polar surface area (TPSA) is 71.1 Å². The number of nitrogens with zero attached hydrogens (tertiary/aromatic N) is 1. The van der Waals surface area contributed by atoms with Gasteiger partial charge in [0.2, 0.25) is 0 Å². The molecule has 0 aliphatic carbocycles. The van der Waals surface area contributed by atoms with Gasteiger partial charge in [0.15, 0.2) is 0 Å². The van der Waals surface area contributed by atoms with Crippen molar-refractivity contribution in [1.29, 1.82) is 0 Å². The number of aromatic nitrogens is 1. The van der Waals surface area contributed by atoms with Crippen molar-refractivity contribution in [2.24, 2.45) is 0 Å². The van der Waals surface area contributed by atoms with E-state index in [9.17, 15) is 9.59 Å². The second-order valence-electron chi connectivity index (χ2n) is 4.39. The normalized spacial score (nSPS) is 10.4. The molecule has 7 heteroatoms. The molecule has 0 saturated carbocycles. The van der Waals surface area contributed by atoms with E-state index in [1.165, 1.54) is 11.3 Å². The van der Waals surface area contributed by atoms with Gasteiger partial charge in [-0.25, -0.2) is 0 Å². The molecule has 0 spiro atoms. The van der Waals surface area contributed by atoms with Crippen LogP contribution in [0.15, 0.2) is 52.4 Å². The highest BCUT2D eigenvalue weighted by atomic mass is 79.9. The fourth-order valence-electron chi connectivity index (χ4n) is 1.97. The number of hydrazine groups is 1. The van der Waals surface area contributed by atoms with Crippen LogP contribution in [0.1, 0.15) is 20.0 Å². The van der Waals surface area contributed by atoms with E-state index in [1.807, 2.05) is 12.1 Å². The minimum Gasteiger partial charge on any atom is -0.267 e. The fraction of sp³-hybridized carbons (Fsp3) is 0. The summed E-state index contributed by atoms with van der Waals surface area (Å²) in [7, 11) is 0. The summed E-state index contributed by atoms with van der Waals surface area (Å²) in [6, 6.07) is 12.4. The molecule has 2 amide bonds. The number of rotatable bonds is 2. The molecule has 2 heterocycles. The van der Waals surface area contributed by atoms with E-state index in [1.54, 1.807) is 36.5 Å². The number of hydrogen-bond acceptors (Lipinski definition) is 4. The fourth-order valence-corrected chi connectivity index (χ4v) is 3.25. The lowest BCUT2D eigenvalue weighted by Gasteiger charge is -2.08. The van der Waals surface area contributed by atoms with Crippen LogP contribution < -0.4 is 10.9 Å². The van der Waals surface area contributed by atoms with E-state index in [2.05, 4.69) is 31.8 Å². The molecule has 0 saturated heterocycles. The average Bonchev–Trinajstić information content (AvgIpc) is 2.98. The van der Waals surface area contributed by atoms with Crippen molar-refractivity contribution in [1.82, 2.24) is 15.8 Å². The number of nitrogens with one attached hydrogen (secondary N) is 2. The van der Waals surface area contributed by atoms with Gasteiger partial charge in [-0.2, -0.15) is 0 Å². The van der Waals surface area contributed by atoms with Crippen LogP contribution in [0.25, 0.3) is 10.9 Å². The third-order valence-electron chi connectivity index (χ3n) is 2.96. The third kappa shape index (κ3) is 3.00. The summed E-state index contributed by atoms with van der Waals surface area (Å²) in [5.41, 5.74) is 5.81. The molecule has 1 aromatic carbocycles. The van der Waals surface area contributed by atoms with Crippen LogP contribution in [0.5, 0.6) is 0 Å². The van der Waals surface area contributed by atoms with Gasteiger partial charge in [0.05, 0.1) is 19.7 Å². The molecule has 0 aliphatic heterocycles. The molecule has 110 valence electrons. The van der Waals surface area contributed by atoms with Crippen molar-refractivity contribution < 1.29 is 9.59 Å². The maximum Gasteiger partial charge on any atom is 0.279 e. The van der Waals surface area contributed by atoms with E-state index in [0.29, 0.717) is 16.0 Å². The van der Waals surface area contributed by atoms with Crippen molar-refractivity contribution in [3.8, 4) is 0 Å². The minimum atomic E-state index is -0.409. The molecule has 5 nitrogen and oxygen atoms in total. The van der Waals surface area contributed by atoms with Crippen LogP contribution >= 0.6 is 27.3 Å². The summed E-state index contributed by atoms with van der Waals surface area (Å²) >= 11 is 4.57. The van der Waals surface area contributed by atoms with Crippen molar-refractivity contribution in [2.75, 3.05) is 0 Å². The number of carbonyl (C=O) groups excluding carboxylic acids is 2. The Bertz CT molecular complexity index is 857. The summed E-state index contributed by atoms with van der Waals surface area (Å²) in [4.78, 5) is 28.8. The Morgan fingerprint density at radius 1 is 1.00 bits per heavy atom. The number of benzene rings is 1. The quantitative estimate of drug-likeness (QED) is 0.675. The largest absolute Gasteiger partial charge is 0.279 e. The average molecular weight is 376 g/mol. The van der Waals surface area contributed by atoms with Crippen molar-refractivity contribution in [2.45, 2.75) is 0 Å². The standard InChI is InChI=1S/C15H10BrN3O2S/c16-12-7-6-11(22-12)15(21)19-18-14(20)10-5-1-3-9-4-2-8-17-13(9)10/h1-8H,(H,18,20)(H,19,21). The first-order valence-corrected chi connectivity index (χ1v) is 7.96. The Balaban J connectivity index is 1.75. The second-order valence-corrected chi connectivity index (χ2v) is 6.86. The van der Waals surface area contributed by atoms with Crippen molar-refractivity contribution in [3.63, 3.8) is 0 Å². The van der Waals surface area contributed by atoms with Crippen LogP contribution in [0.2, 0.25) is 0 Å². The summed E-state index contributed by atoms with van der Waals surface area (Å²) in [5.74, 6) is -0.773. The van der Waals surface area contributed by atoms with Crippen molar-refractivity contribution >= 4 is 50.0 Å². The maximum atomic E-state index is 12.2. The van der Waals surface area contributed by atoms with E-state index in [0.717, 1.165) is 9.17 Å². The smallest absolute Gasteiger partial charge is 0.267 e. The number of pyridine rings is 1. The predicted octanol–water partition coefficient (Wildman–Crippen LogP) is 3.13. The molecule has 0 fully saturated rings. The zero-order valence-electron chi connectivity index (χ0n) is 11.2. The SMILES string of the molecule is O=C(NNC(=O)c1cccc2cccnc12)c1ccc(Br)s1. The van der Waals surface area contributed by atoms with Crippen LogP contribution in [0.4, 0.5) is 0 Å². The van der Waals surface area contributed by atoms with Crippen LogP contribution in [-0.2, 0) is 0 Å². The number of halogens is 1. The molecule has 3 aromatic rings. The summed E-state index contributed by atoms with van der Waals surface area (Å²) in [5, 5.41) is 0.865. The highest BCUT2D eigenvalue weighted by Gasteiger charge is 2.13. The number of hydrogen-bond donors (Lipinski definition) is 2. The first-order valence-electron chi connectivity index (χ1n) is 6.35. The molecular formula is C15H10BrN3O2S. The highest BCUT2D eigenvalue weighted by molar-refractivity contribution is 9.11.